The molecule has 1 aliphatic carbocycles. The third-order valence-corrected chi connectivity index (χ3v) is 22.2. The maximum atomic E-state index is 13.0. The zero-order chi connectivity index (χ0) is 88.5. The van der Waals surface area contributed by atoms with Crippen LogP contribution < -0.4 is 62.1 Å². The molecule has 1 saturated carbocycles. The molecule has 3 heterocycles. The van der Waals surface area contributed by atoms with Gasteiger partial charge in [0.05, 0.1) is 195 Å². The van der Waals surface area contributed by atoms with Gasteiger partial charge in [0.1, 0.15) is 0 Å². The Kier molecular flexibility index (Phi) is 29.2. The molecule has 4 aliphatic rings. The summed E-state index contributed by atoms with van der Waals surface area (Å²) in [4.78, 5) is 123. The Labute approximate surface area is 715 Å². The van der Waals surface area contributed by atoms with Crippen LogP contribution in [0.2, 0.25) is 0 Å². The largest absolute Gasteiger partial charge is 0.478 e. The standard InChI is InChI=1S/C30H32N4O16P4.2C26H20N4O4.C3H6/c35-29(36)19-7-5-13-25-27(19)33(17-53(45)49-41)23-11-3-4-12-24(23)34(18-54(46)50-42)28-20(30(37)38)8-6-14-26(28)32(16-52(44)48-40)22-10-2-1-9-21(22)31(25)15-51(43)47-39;2*31-25(32)15-7-5-13-21-23(15)29-19-11-3-4-12-20(19)30-24-16(26(33)34)8-6-14-22(24)28-18-10-2-1-9-17(18)27-21;1-2-3-1/h1-14,39-46H,15-18H2,(H,35,36)(H,37,38);2*1-14,27-30H,(H,31,32)(H,33,34);1-3H2. The maximum absolute atomic E-state index is 13.0. The van der Waals surface area contributed by atoms with Crippen molar-refractivity contribution in [2.24, 2.45) is 0 Å². The molecule has 22 N–H and O–H groups in total. The molecular formula is C85H78N12O24P4. The number of rotatable bonds is 18. The van der Waals surface area contributed by atoms with E-state index in [0.717, 1.165) is 0 Å². The molecule has 125 heavy (non-hydrogen) atoms. The maximum Gasteiger partial charge on any atom is 0.337 e. The normalized spacial score (nSPS) is 13.5. The van der Waals surface area contributed by atoms with E-state index in [1.54, 1.807) is 84.9 Å². The summed E-state index contributed by atoms with van der Waals surface area (Å²) in [5, 5.41) is 125. The van der Waals surface area contributed by atoms with Gasteiger partial charge in [-0.2, -0.15) is 18.7 Å². The highest BCUT2D eigenvalue weighted by molar-refractivity contribution is 7.47. The Morgan fingerprint density at radius 2 is 0.408 bits per heavy atom. The number of anilines is 24. The van der Waals surface area contributed by atoms with Gasteiger partial charge in [0.15, 0.2) is 0 Å². The van der Waals surface area contributed by atoms with Crippen LogP contribution in [0.3, 0.4) is 0 Å². The van der Waals surface area contributed by atoms with E-state index in [1.807, 2.05) is 72.8 Å². The minimum atomic E-state index is -2.77. The number of carbonyl (C=O) groups is 6. The molecule has 0 spiro atoms. The summed E-state index contributed by atoms with van der Waals surface area (Å²) in [5.74, 6) is -7.24. The first-order valence-electron chi connectivity index (χ1n) is 37.6. The monoisotopic (exact) mass is 1770 g/mol. The van der Waals surface area contributed by atoms with Gasteiger partial charge in [-0.1, -0.05) is 128 Å². The van der Waals surface area contributed by atoms with Gasteiger partial charge in [0.2, 0.25) is 33.5 Å². The zero-order valence-corrected chi connectivity index (χ0v) is 68.7. The van der Waals surface area contributed by atoms with Crippen LogP contribution in [0, 0.1) is 0 Å². The van der Waals surface area contributed by atoms with E-state index in [1.165, 1.54) is 136 Å². The van der Waals surface area contributed by atoms with Crippen molar-refractivity contribution in [1.82, 2.24) is 0 Å². The Bertz CT molecular complexity index is 5440. The average Bonchev–Trinajstić information content (AvgIpc) is 1.09. The van der Waals surface area contributed by atoms with Crippen molar-refractivity contribution in [2.45, 2.75) is 19.3 Å². The van der Waals surface area contributed by atoms with E-state index >= 15 is 0 Å². The second kappa shape index (κ2) is 41.0. The van der Waals surface area contributed by atoms with Crippen molar-refractivity contribution in [3.05, 3.63) is 288 Å². The lowest BCUT2D eigenvalue weighted by Gasteiger charge is -2.41. The van der Waals surface area contributed by atoms with Crippen LogP contribution >= 0.6 is 33.5 Å². The number of aromatic carboxylic acids is 6. The second-order valence-electron chi connectivity index (χ2n) is 27.3. The number of fused-ring (bicyclic) bond motifs is 12. The Morgan fingerprint density at radius 1 is 0.232 bits per heavy atom. The summed E-state index contributed by atoms with van der Waals surface area (Å²) in [6.07, 6.45) is 2.13. The second-order valence-corrected chi connectivity index (χ2v) is 31.9. The minimum Gasteiger partial charge on any atom is -0.478 e. The molecule has 0 aromatic heterocycles. The molecule has 1 fully saturated rings. The Balaban J connectivity index is 0.000000164. The molecule has 0 saturated heterocycles. The molecule has 642 valence electrons. The lowest BCUT2D eigenvalue weighted by atomic mass is 10.0. The van der Waals surface area contributed by atoms with Crippen LogP contribution in [-0.2, 0) is 18.7 Å². The molecule has 36 nitrogen and oxygen atoms in total. The van der Waals surface area contributed by atoms with Crippen molar-refractivity contribution in [3.63, 3.8) is 0 Å². The first kappa shape index (κ1) is 89.1. The fraction of sp³-hybridized carbons (Fsp3) is 0.0824. The SMILES string of the molecule is C1CC1.O=C(O)c1cccc2c1N(CP(O)OO)c1ccccc1N(CP(O)OO)c1c(C(=O)O)cccc1N(CP(O)OO)c1ccccc1N2CP(O)OO.O=C(O)c1cccc2c1Nc1ccccc1Nc1c(cccc1C(=O)O)Nc1ccccc1N2.O=C(O)c1cccc2c1Nc1ccccc1Nc1c(cccc1C(=O)O)Nc1ccccc1N2. The summed E-state index contributed by atoms with van der Waals surface area (Å²) in [6, 6.07) is 69.6. The van der Waals surface area contributed by atoms with E-state index in [-0.39, 0.29) is 78.9 Å². The molecule has 0 amide bonds. The fourth-order valence-electron chi connectivity index (χ4n) is 13.7. The highest BCUT2D eigenvalue weighted by Crippen LogP contribution is 2.57. The number of carboxylic acid groups (broad SMARTS) is 6. The van der Waals surface area contributed by atoms with Gasteiger partial charge in [-0.25, -0.2) is 49.8 Å². The third kappa shape index (κ3) is 20.8. The van der Waals surface area contributed by atoms with Crippen LogP contribution in [-0.4, -0.2) is 132 Å². The van der Waals surface area contributed by atoms with E-state index in [9.17, 15) is 100 Å². The van der Waals surface area contributed by atoms with Gasteiger partial charge < -0.3 is 112 Å². The van der Waals surface area contributed by atoms with E-state index in [4.69, 9.17) is 0 Å². The number of hydrogen-bond acceptors (Lipinski definition) is 30. The van der Waals surface area contributed by atoms with Crippen molar-refractivity contribution >= 4 is 206 Å². The molecule has 12 aromatic rings. The predicted molar refractivity (Wildman–Crippen MR) is 479 cm³/mol. The number of benzene rings is 12. The molecule has 3 aliphatic heterocycles. The smallest absolute Gasteiger partial charge is 0.337 e. The lowest BCUT2D eigenvalue weighted by Crippen LogP contribution is -2.31. The number of nitrogens with zero attached hydrogens (tertiary/aromatic N) is 4. The zero-order valence-electron chi connectivity index (χ0n) is 65.1. The number of hydrogen-bond donors (Lipinski definition) is 22. The van der Waals surface area contributed by atoms with Gasteiger partial charge in [0, 0.05) is 0 Å². The predicted octanol–water partition coefficient (Wildman–Crippen LogP) is 20.9. The Morgan fingerprint density at radius 3 is 0.624 bits per heavy atom. The van der Waals surface area contributed by atoms with Crippen molar-refractivity contribution in [1.29, 1.82) is 0 Å². The summed E-state index contributed by atoms with van der Waals surface area (Å²) in [6.45, 7) is 0. The van der Waals surface area contributed by atoms with Crippen LogP contribution in [0.4, 0.5) is 136 Å². The fourth-order valence-corrected chi connectivity index (χ4v) is 16.1. The molecule has 4 atom stereocenters. The molecule has 16 rings (SSSR count). The van der Waals surface area contributed by atoms with Crippen LogP contribution in [0.15, 0.2) is 255 Å². The summed E-state index contributed by atoms with van der Waals surface area (Å²) in [7, 11) is -10.9. The van der Waals surface area contributed by atoms with Crippen LogP contribution in [0.1, 0.15) is 81.4 Å². The molecule has 0 radical (unpaired) electrons. The van der Waals surface area contributed by atoms with Crippen LogP contribution in [0.5, 0.6) is 0 Å². The lowest BCUT2D eigenvalue weighted by molar-refractivity contribution is -0.135. The average molecular weight is 1780 g/mol. The summed E-state index contributed by atoms with van der Waals surface area (Å²) in [5.41, 5.74) is 8.44. The van der Waals surface area contributed by atoms with E-state index < -0.39 is 94.5 Å². The van der Waals surface area contributed by atoms with Gasteiger partial charge in [-0.15, -0.1) is 0 Å². The topological polar surface area (TPSA) is 532 Å². The molecule has 4 unspecified atom stereocenters. The third-order valence-electron chi connectivity index (χ3n) is 19.3. The molecule has 12 aromatic carbocycles. The van der Waals surface area contributed by atoms with Crippen molar-refractivity contribution in [2.75, 3.05) is 87.3 Å². The Hall–Kier alpha value is -13.7. The molecular weight excluding hydrogens is 1700 g/mol. The van der Waals surface area contributed by atoms with Gasteiger partial charge in [-0.3, -0.25) is 0 Å². The number of nitrogens with one attached hydrogen (secondary N) is 8. The van der Waals surface area contributed by atoms with Gasteiger partial charge in [-0.05, 0) is 146 Å². The highest BCUT2D eigenvalue weighted by Gasteiger charge is 2.38. The summed E-state index contributed by atoms with van der Waals surface area (Å²) < 4.78 is 17.2. The number of para-hydroxylation sites is 18. The van der Waals surface area contributed by atoms with E-state index in [0.29, 0.717) is 91.0 Å². The summed E-state index contributed by atoms with van der Waals surface area (Å²) >= 11 is 0. The van der Waals surface area contributed by atoms with Crippen molar-refractivity contribution < 1.29 is 119 Å². The first-order valence-corrected chi connectivity index (χ1v) is 43.2. The number of carboxylic acids is 6. The first-order chi connectivity index (χ1) is 60.5. The van der Waals surface area contributed by atoms with Gasteiger partial charge in [0.25, 0.3) is 0 Å². The quantitative estimate of drug-likeness (QED) is 0.0215. The molecule has 0 bridgehead atoms. The highest BCUT2D eigenvalue weighted by atomic mass is 31.2. The van der Waals surface area contributed by atoms with E-state index in [2.05, 4.69) is 61.2 Å². The van der Waals surface area contributed by atoms with Gasteiger partial charge >= 0.3 is 35.8 Å². The minimum absolute atomic E-state index is 0.0106. The van der Waals surface area contributed by atoms with Crippen molar-refractivity contribution in [3.8, 4) is 0 Å². The van der Waals surface area contributed by atoms with Crippen LogP contribution in [0.25, 0.3) is 0 Å². The molecule has 40 heteroatoms.